The Balaban J connectivity index is 2.35. The van der Waals surface area contributed by atoms with Gasteiger partial charge in [0.15, 0.2) is 0 Å². The summed E-state index contributed by atoms with van der Waals surface area (Å²) in [5.41, 5.74) is 5.63. The van der Waals surface area contributed by atoms with Crippen LogP contribution in [0.25, 0.3) is 0 Å². The van der Waals surface area contributed by atoms with E-state index < -0.39 is 0 Å². The van der Waals surface area contributed by atoms with Gasteiger partial charge in [-0.3, -0.25) is 4.79 Å². The summed E-state index contributed by atoms with van der Waals surface area (Å²) >= 11 is 0. The standard InChI is InChI=1S/C12H24N2O/c1-3-4-10(2)12(15)14-7-5-11(9-13)6-8-14/h10-11H,3-9,13H2,1-2H3. The van der Waals surface area contributed by atoms with Crippen LogP contribution in [-0.2, 0) is 4.79 Å². The molecule has 1 unspecified atom stereocenters. The molecule has 1 aliphatic rings. The predicted octanol–water partition coefficient (Wildman–Crippen LogP) is 1.62. The molecule has 1 heterocycles. The van der Waals surface area contributed by atoms with Crippen LogP contribution in [0.1, 0.15) is 39.5 Å². The topological polar surface area (TPSA) is 46.3 Å². The highest BCUT2D eigenvalue weighted by molar-refractivity contribution is 5.78. The molecule has 0 aliphatic carbocycles. The van der Waals surface area contributed by atoms with Crippen LogP contribution in [0.3, 0.4) is 0 Å². The van der Waals surface area contributed by atoms with Crippen molar-refractivity contribution < 1.29 is 4.79 Å². The molecular formula is C12H24N2O. The van der Waals surface area contributed by atoms with Crippen molar-refractivity contribution in [1.82, 2.24) is 4.90 Å². The third-order valence-electron chi connectivity index (χ3n) is 3.40. The number of carbonyl (C=O) groups excluding carboxylic acids is 1. The van der Waals surface area contributed by atoms with Crippen LogP contribution in [0.4, 0.5) is 0 Å². The Kier molecular flexibility index (Phi) is 5.09. The molecule has 0 saturated carbocycles. The lowest BCUT2D eigenvalue weighted by atomic mass is 9.95. The first-order valence-corrected chi connectivity index (χ1v) is 6.17. The van der Waals surface area contributed by atoms with Crippen LogP contribution in [-0.4, -0.2) is 30.4 Å². The molecule has 1 saturated heterocycles. The first-order valence-electron chi connectivity index (χ1n) is 6.17. The van der Waals surface area contributed by atoms with Gasteiger partial charge in [0.05, 0.1) is 0 Å². The molecule has 0 spiro atoms. The fourth-order valence-electron chi connectivity index (χ4n) is 2.26. The van der Waals surface area contributed by atoms with E-state index in [1.165, 1.54) is 0 Å². The molecular weight excluding hydrogens is 188 g/mol. The fourth-order valence-corrected chi connectivity index (χ4v) is 2.26. The summed E-state index contributed by atoms with van der Waals surface area (Å²) in [6.07, 6.45) is 4.27. The van der Waals surface area contributed by atoms with Gasteiger partial charge in [-0.1, -0.05) is 20.3 Å². The second kappa shape index (κ2) is 6.11. The second-order valence-corrected chi connectivity index (χ2v) is 4.69. The normalized spacial score (nSPS) is 20.3. The first-order chi connectivity index (χ1) is 7.19. The summed E-state index contributed by atoms with van der Waals surface area (Å²) in [6, 6.07) is 0. The Morgan fingerprint density at radius 3 is 2.53 bits per heavy atom. The van der Waals surface area contributed by atoms with Crippen molar-refractivity contribution in [2.45, 2.75) is 39.5 Å². The van der Waals surface area contributed by atoms with Crippen molar-refractivity contribution in [3.8, 4) is 0 Å². The lowest BCUT2D eigenvalue weighted by Gasteiger charge is -2.33. The van der Waals surface area contributed by atoms with Gasteiger partial charge in [-0.05, 0) is 31.7 Å². The maximum atomic E-state index is 12.0. The molecule has 0 aromatic heterocycles. The molecule has 1 fully saturated rings. The fraction of sp³-hybridized carbons (Fsp3) is 0.917. The summed E-state index contributed by atoms with van der Waals surface area (Å²) < 4.78 is 0. The van der Waals surface area contributed by atoms with E-state index in [-0.39, 0.29) is 5.92 Å². The third kappa shape index (κ3) is 3.49. The van der Waals surface area contributed by atoms with Crippen molar-refractivity contribution in [2.75, 3.05) is 19.6 Å². The minimum atomic E-state index is 0.199. The Hall–Kier alpha value is -0.570. The number of hydrogen-bond donors (Lipinski definition) is 1. The average Bonchev–Trinajstić information content (AvgIpc) is 2.28. The zero-order chi connectivity index (χ0) is 11.3. The van der Waals surface area contributed by atoms with Crippen molar-refractivity contribution in [2.24, 2.45) is 17.6 Å². The lowest BCUT2D eigenvalue weighted by Crippen LogP contribution is -2.42. The van der Waals surface area contributed by atoms with Crippen LogP contribution in [0.5, 0.6) is 0 Å². The molecule has 3 heteroatoms. The second-order valence-electron chi connectivity index (χ2n) is 4.69. The SMILES string of the molecule is CCCC(C)C(=O)N1CCC(CN)CC1. The minimum Gasteiger partial charge on any atom is -0.342 e. The zero-order valence-electron chi connectivity index (χ0n) is 10.0. The van der Waals surface area contributed by atoms with E-state index >= 15 is 0 Å². The highest BCUT2D eigenvalue weighted by Crippen LogP contribution is 2.19. The summed E-state index contributed by atoms with van der Waals surface area (Å²) in [5.74, 6) is 1.17. The number of rotatable bonds is 4. The number of carbonyl (C=O) groups is 1. The van der Waals surface area contributed by atoms with Crippen LogP contribution in [0.15, 0.2) is 0 Å². The maximum Gasteiger partial charge on any atom is 0.225 e. The van der Waals surface area contributed by atoms with Gasteiger partial charge in [-0.15, -0.1) is 0 Å². The van der Waals surface area contributed by atoms with E-state index in [1.54, 1.807) is 0 Å². The van der Waals surface area contributed by atoms with Gasteiger partial charge in [-0.25, -0.2) is 0 Å². The van der Waals surface area contributed by atoms with Gasteiger partial charge in [-0.2, -0.15) is 0 Å². The van der Waals surface area contributed by atoms with Gasteiger partial charge in [0.25, 0.3) is 0 Å². The highest BCUT2D eigenvalue weighted by atomic mass is 16.2. The Labute approximate surface area is 93.0 Å². The lowest BCUT2D eigenvalue weighted by molar-refractivity contribution is -0.136. The number of nitrogens with zero attached hydrogens (tertiary/aromatic N) is 1. The van der Waals surface area contributed by atoms with E-state index in [4.69, 9.17) is 5.73 Å². The van der Waals surface area contributed by atoms with E-state index in [0.29, 0.717) is 11.8 Å². The quantitative estimate of drug-likeness (QED) is 0.769. The highest BCUT2D eigenvalue weighted by Gasteiger charge is 2.24. The molecule has 1 atom stereocenters. The number of amides is 1. The van der Waals surface area contributed by atoms with Crippen molar-refractivity contribution in [1.29, 1.82) is 0 Å². The Morgan fingerprint density at radius 1 is 1.47 bits per heavy atom. The van der Waals surface area contributed by atoms with E-state index in [0.717, 1.165) is 45.3 Å². The van der Waals surface area contributed by atoms with Gasteiger partial charge in [0, 0.05) is 19.0 Å². The van der Waals surface area contributed by atoms with Crippen molar-refractivity contribution >= 4 is 5.91 Å². The Bertz CT molecular complexity index is 198. The smallest absolute Gasteiger partial charge is 0.225 e. The number of piperidine rings is 1. The monoisotopic (exact) mass is 212 g/mol. The van der Waals surface area contributed by atoms with E-state index in [2.05, 4.69) is 6.92 Å². The van der Waals surface area contributed by atoms with Crippen LogP contribution >= 0.6 is 0 Å². The number of nitrogens with two attached hydrogens (primary N) is 1. The van der Waals surface area contributed by atoms with Crippen molar-refractivity contribution in [3.05, 3.63) is 0 Å². The van der Waals surface area contributed by atoms with Crippen LogP contribution < -0.4 is 5.73 Å². The molecule has 15 heavy (non-hydrogen) atoms. The summed E-state index contributed by atoms with van der Waals surface area (Å²) in [7, 11) is 0. The molecule has 2 N–H and O–H groups in total. The Morgan fingerprint density at radius 2 is 2.07 bits per heavy atom. The number of hydrogen-bond acceptors (Lipinski definition) is 2. The summed E-state index contributed by atoms with van der Waals surface area (Å²) in [6.45, 7) is 6.77. The number of likely N-dealkylation sites (tertiary alicyclic amines) is 1. The first kappa shape index (κ1) is 12.5. The van der Waals surface area contributed by atoms with Gasteiger partial charge < -0.3 is 10.6 Å². The molecule has 0 aromatic rings. The van der Waals surface area contributed by atoms with Crippen LogP contribution in [0.2, 0.25) is 0 Å². The molecule has 1 aliphatic heterocycles. The molecule has 1 amide bonds. The van der Waals surface area contributed by atoms with E-state index in [1.807, 2.05) is 11.8 Å². The average molecular weight is 212 g/mol. The van der Waals surface area contributed by atoms with E-state index in [9.17, 15) is 4.79 Å². The summed E-state index contributed by atoms with van der Waals surface area (Å²) in [5, 5.41) is 0. The molecule has 0 bridgehead atoms. The van der Waals surface area contributed by atoms with Gasteiger partial charge in [0.2, 0.25) is 5.91 Å². The molecule has 1 rings (SSSR count). The largest absolute Gasteiger partial charge is 0.342 e. The molecule has 3 nitrogen and oxygen atoms in total. The summed E-state index contributed by atoms with van der Waals surface area (Å²) in [4.78, 5) is 14.0. The molecule has 0 aromatic carbocycles. The van der Waals surface area contributed by atoms with Gasteiger partial charge in [0.1, 0.15) is 0 Å². The predicted molar refractivity (Wildman–Crippen MR) is 62.4 cm³/mol. The van der Waals surface area contributed by atoms with Crippen LogP contribution in [0, 0.1) is 11.8 Å². The molecule has 0 radical (unpaired) electrons. The van der Waals surface area contributed by atoms with Crippen molar-refractivity contribution in [3.63, 3.8) is 0 Å². The third-order valence-corrected chi connectivity index (χ3v) is 3.40. The zero-order valence-corrected chi connectivity index (χ0v) is 10.0. The molecule has 88 valence electrons. The maximum absolute atomic E-state index is 12.0. The minimum absolute atomic E-state index is 0.199. The van der Waals surface area contributed by atoms with Gasteiger partial charge >= 0.3 is 0 Å².